The van der Waals surface area contributed by atoms with E-state index in [-0.39, 0.29) is 12.5 Å². The van der Waals surface area contributed by atoms with E-state index in [1.165, 1.54) is 11.8 Å². The second-order valence-corrected chi connectivity index (χ2v) is 6.55. The van der Waals surface area contributed by atoms with Gasteiger partial charge in [-0.15, -0.1) is 6.58 Å². The highest BCUT2D eigenvalue weighted by molar-refractivity contribution is 6.30. The number of ether oxygens (including phenoxy) is 1. The van der Waals surface area contributed by atoms with Crippen LogP contribution in [-0.4, -0.2) is 33.5 Å². The Morgan fingerprint density at radius 1 is 1.17 bits per heavy atom. The van der Waals surface area contributed by atoms with Gasteiger partial charge in [-0.2, -0.15) is 4.98 Å². The molecule has 0 spiro atoms. The quantitative estimate of drug-likeness (QED) is 0.330. The Balaban J connectivity index is 1.74. The van der Waals surface area contributed by atoms with Gasteiger partial charge in [0.2, 0.25) is 11.7 Å². The highest BCUT2D eigenvalue weighted by atomic mass is 35.5. The molecule has 0 aliphatic rings. The third kappa shape index (κ3) is 5.30. The number of halogens is 1. The van der Waals surface area contributed by atoms with Crippen molar-refractivity contribution in [2.24, 2.45) is 0 Å². The van der Waals surface area contributed by atoms with E-state index in [0.29, 0.717) is 34.6 Å². The van der Waals surface area contributed by atoms with E-state index in [1.807, 2.05) is 0 Å². The summed E-state index contributed by atoms with van der Waals surface area (Å²) >= 11 is 5.89. The number of carbonyl (C=O) groups is 2. The molecule has 3 aromatic rings. The van der Waals surface area contributed by atoms with Crippen molar-refractivity contribution in [3.8, 4) is 17.1 Å². The number of hydrogen-bond donors (Lipinski definition) is 0. The SMILES string of the molecule is C=CCN(Cc1nc(-c2ccc(Cl)cc2)no1)C(=O)c1ccc(OC(C)=O)cc1. The summed E-state index contributed by atoms with van der Waals surface area (Å²) in [6.07, 6.45) is 1.61. The van der Waals surface area contributed by atoms with E-state index in [2.05, 4.69) is 16.7 Å². The van der Waals surface area contributed by atoms with E-state index in [4.69, 9.17) is 20.9 Å². The Morgan fingerprint density at radius 3 is 2.48 bits per heavy atom. The minimum atomic E-state index is -0.426. The second kappa shape index (κ2) is 9.16. The third-order valence-corrected chi connectivity index (χ3v) is 4.15. The van der Waals surface area contributed by atoms with Crippen molar-refractivity contribution in [2.75, 3.05) is 6.54 Å². The molecule has 1 amide bonds. The van der Waals surface area contributed by atoms with Gasteiger partial charge in [-0.3, -0.25) is 9.59 Å². The molecular weight excluding hydrogens is 394 g/mol. The molecule has 1 aromatic heterocycles. The van der Waals surface area contributed by atoms with Crippen LogP contribution in [0.25, 0.3) is 11.4 Å². The summed E-state index contributed by atoms with van der Waals surface area (Å²) in [5.74, 6) is 0.402. The molecule has 0 aliphatic heterocycles. The van der Waals surface area contributed by atoms with Gasteiger partial charge in [0.25, 0.3) is 5.91 Å². The maximum Gasteiger partial charge on any atom is 0.308 e. The molecule has 0 saturated carbocycles. The van der Waals surface area contributed by atoms with E-state index in [9.17, 15) is 9.59 Å². The van der Waals surface area contributed by atoms with E-state index in [0.717, 1.165) is 5.56 Å². The van der Waals surface area contributed by atoms with Crippen LogP contribution in [0.5, 0.6) is 5.75 Å². The Labute approximate surface area is 172 Å². The van der Waals surface area contributed by atoms with Crippen molar-refractivity contribution in [1.82, 2.24) is 15.0 Å². The number of rotatable bonds is 7. The standard InChI is InChI=1S/C21H18ClN3O4/c1-3-12-25(21(27)16-6-10-18(11-7-16)28-14(2)26)13-19-23-20(24-29-19)15-4-8-17(22)9-5-15/h3-11H,1,12-13H2,2H3. The Kier molecular flexibility index (Phi) is 6.41. The first-order valence-electron chi connectivity index (χ1n) is 8.73. The molecule has 148 valence electrons. The minimum absolute atomic E-state index is 0.122. The summed E-state index contributed by atoms with van der Waals surface area (Å²) < 4.78 is 10.3. The molecule has 0 saturated heterocycles. The van der Waals surface area contributed by atoms with Crippen LogP contribution >= 0.6 is 11.6 Å². The number of benzene rings is 2. The highest BCUT2D eigenvalue weighted by Crippen LogP contribution is 2.20. The lowest BCUT2D eigenvalue weighted by atomic mass is 10.2. The van der Waals surface area contributed by atoms with Crippen LogP contribution in [-0.2, 0) is 11.3 Å². The van der Waals surface area contributed by atoms with Crippen LogP contribution in [0.2, 0.25) is 5.02 Å². The number of hydrogen-bond acceptors (Lipinski definition) is 6. The van der Waals surface area contributed by atoms with Gasteiger partial charge in [0.15, 0.2) is 0 Å². The van der Waals surface area contributed by atoms with Crippen LogP contribution in [0.15, 0.2) is 65.7 Å². The second-order valence-electron chi connectivity index (χ2n) is 6.11. The topological polar surface area (TPSA) is 85.5 Å². The molecule has 0 atom stereocenters. The van der Waals surface area contributed by atoms with Gasteiger partial charge in [0.05, 0.1) is 0 Å². The Hall–Kier alpha value is -3.45. The van der Waals surface area contributed by atoms with Crippen LogP contribution in [0.1, 0.15) is 23.2 Å². The van der Waals surface area contributed by atoms with Crippen molar-refractivity contribution in [1.29, 1.82) is 0 Å². The average Bonchev–Trinajstić information content (AvgIpc) is 3.16. The first-order chi connectivity index (χ1) is 14.0. The summed E-state index contributed by atoms with van der Waals surface area (Å²) in [7, 11) is 0. The third-order valence-electron chi connectivity index (χ3n) is 3.90. The Bertz CT molecular complexity index is 1010. The fraction of sp³-hybridized carbons (Fsp3) is 0.143. The van der Waals surface area contributed by atoms with E-state index in [1.54, 1.807) is 54.6 Å². The van der Waals surface area contributed by atoms with Crippen molar-refractivity contribution in [2.45, 2.75) is 13.5 Å². The highest BCUT2D eigenvalue weighted by Gasteiger charge is 2.19. The molecule has 8 heteroatoms. The molecule has 2 aromatic carbocycles. The van der Waals surface area contributed by atoms with Crippen LogP contribution in [0.3, 0.4) is 0 Å². The van der Waals surface area contributed by atoms with Gasteiger partial charge in [0, 0.05) is 29.6 Å². The number of nitrogens with zero attached hydrogens (tertiary/aromatic N) is 3. The van der Waals surface area contributed by atoms with Crippen molar-refractivity contribution in [3.63, 3.8) is 0 Å². The van der Waals surface area contributed by atoms with Crippen molar-refractivity contribution >= 4 is 23.5 Å². The van der Waals surface area contributed by atoms with E-state index >= 15 is 0 Å². The van der Waals surface area contributed by atoms with Gasteiger partial charge in [0.1, 0.15) is 12.3 Å². The maximum absolute atomic E-state index is 12.9. The summed E-state index contributed by atoms with van der Waals surface area (Å²) in [6.45, 7) is 5.43. The lowest BCUT2D eigenvalue weighted by Crippen LogP contribution is -2.30. The molecule has 0 bridgehead atoms. The molecule has 0 N–H and O–H groups in total. The predicted octanol–water partition coefficient (Wildman–Crippen LogP) is 4.14. The van der Waals surface area contributed by atoms with Gasteiger partial charge >= 0.3 is 5.97 Å². The molecule has 0 fully saturated rings. The van der Waals surface area contributed by atoms with Crippen molar-refractivity contribution in [3.05, 3.63) is 77.7 Å². The fourth-order valence-corrected chi connectivity index (χ4v) is 2.71. The zero-order valence-corrected chi connectivity index (χ0v) is 16.4. The molecule has 7 nitrogen and oxygen atoms in total. The number of amides is 1. The average molecular weight is 412 g/mol. The number of aromatic nitrogens is 2. The fourth-order valence-electron chi connectivity index (χ4n) is 2.59. The van der Waals surface area contributed by atoms with Gasteiger partial charge < -0.3 is 14.2 Å². The van der Waals surface area contributed by atoms with Gasteiger partial charge in [-0.25, -0.2) is 0 Å². The number of carbonyl (C=O) groups excluding carboxylic acids is 2. The zero-order valence-electron chi connectivity index (χ0n) is 15.7. The molecule has 0 aliphatic carbocycles. The summed E-state index contributed by atoms with van der Waals surface area (Å²) in [6, 6.07) is 13.3. The zero-order chi connectivity index (χ0) is 20.8. The van der Waals surface area contributed by atoms with Gasteiger partial charge in [-0.1, -0.05) is 22.8 Å². The lowest BCUT2D eigenvalue weighted by Gasteiger charge is -2.19. The van der Waals surface area contributed by atoms with Gasteiger partial charge in [-0.05, 0) is 48.5 Å². The lowest BCUT2D eigenvalue weighted by molar-refractivity contribution is -0.131. The summed E-state index contributed by atoms with van der Waals surface area (Å²) in [4.78, 5) is 29.7. The molecule has 3 rings (SSSR count). The minimum Gasteiger partial charge on any atom is -0.427 e. The summed E-state index contributed by atoms with van der Waals surface area (Å²) in [5.41, 5.74) is 1.19. The van der Waals surface area contributed by atoms with Crippen LogP contribution in [0.4, 0.5) is 0 Å². The van der Waals surface area contributed by atoms with Crippen LogP contribution < -0.4 is 4.74 Å². The first-order valence-corrected chi connectivity index (χ1v) is 9.11. The first kappa shape index (κ1) is 20.3. The maximum atomic E-state index is 12.9. The van der Waals surface area contributed by atoms with Crippen LogP contribution in [0, 0.1) is 0 Å². The largest absolute Gasteiger partial charge is 0.427 e. The Morgan fingerprint density at radius 2 is 1.86 bits per heavy atom. The molecular formula is C21H18ClN3O4. The molecule has 1 heterocycles. The smallest absolute Gasteiger partial charge is 0.308 e. The molecule has 0 unspecified atom stereocenters. The van der Waals surface area contributed by atoms with E-state index < -0.39 is 5.97 Å². The predicted molar refractivity (Wildman–Crippen MR) is 107 cm³/mol. The molecule has 29 heavy (non-hydrogen) atoms. The summed E-state index contributed by atoms with van der Waals surface area (Å²) in [5, 5.41) is 4.57. The normalized spacial score (nSPS) is 10.4. The molecule has 0 radical (unpaired) electrons. The monoisotopic (exact) mass is 411 g/mol. The number of esters is 1. The van der Waals surface area contributed by atoms with Crippen molar-refractivity contribution < 1.29 is 18.8 Å².